The number of fused-ring (bicyclic) bond motifs is 1. The Balaban J connectivity index is 1.46. The Morgan fingerprint density at radius 2 is 1.97 bits per heavy atom. The van der Waals surface area contributed by atoms with Gasteiger partial charge < -0.3 is 10.1 Å². The average molecular weight is 409 g/mol. The molecule has 30 heavy (non-hydrogen) atoms. The van der Waals surface area contributed by atoms with Crippen LogP contribution in [0.15, 0.2) is 60.9 Å². The molecule has 154 valence electrons. The van der Waals surface area contributed by atoms with Gasteiger partial charge >= 0.3 is 0 Å². The van der Waals surface area contributed by atoms with Crippen molar-refractivity contribution >= 4 is 5.91 Å². The monoisotopic (exact) mass is 409 g/mol. The molecular formula is C23H21F2N3O2. The van der Waals surface area contributed by atoms with Crippen LogP contribution in [0.4, 0.5) is 8.78 Å². The van der Waals surface area contributed by atoms with Crippen LogP contribution in [0.1, 0.15) is 27.0 Å². The van der Waals surface area contributed by atoms with Crippen LogP contribution in [0.25, 0.3) is 0 Å². The summed E-state index contributed by atoms with van der Waals surface area (Å²) in [6.45, 7) is 2.14. The van der Waals surface area contributed by atoms with Crippen LogP contribution in [0.3, 0.4) is 0 Å². The third-order valence-electron chi connectivity index (χ3n) is 5.03. The standard InChI is InChI=1S/C23H21F2N3O2/c24-20-4-2-1-3-17(20)12-27-23(29)16-5-6-22-19(11-16)15-28(9-10-30-22)14-18-7-8-26-13-21(18)25/h1-8,11,13H,9-10,12,14-15H2,(H,27,29). The van der Waals surface area contributed by atoms with Gasteiger partial charge in [-0.25, -0.2) is 8.78 Å². The molecule has 0 atom stereocenters. The fraction of sp³-hybridized carbons (Fsp3) is 0.217. The topological polar surface area (TPSA) is 54.5 Å². The summed E-state index contributed by atoms with van der Waals surface area (Å²) in [6, 6.07) is 13.2. The molecule has 7 heteroatoms. The summed E-state index contributed by atoms with van der Waals surface area (Å²) in [5.41, 5.74) is 2.30. The summed E-state index contributed by atoms with van der Waals surface area (Å²) in [4.78, 5) is 18.4. The first-order chi connectivity index (χ1) is 14.6. The second kappa shape index (κ2) is 9.00. The van der Waals surface area contributed by atoms with Crippen LogP contribution in [-0.2, 0) is 19.6 Å². The summed E-state index contributed by atoms with van der Waals surface area (Å²) in [6.07, 6.45) is 2.77. The Labute approximate surface area is 173 Å². The van der Waals surface area contributed by atoms with Gasteiger partial charge in [-0.05, 0) is 30.3 Å². The van der Waals surface area contributed by atoms with E-state index in [1.165, 1.54) is 12.3 Å². The van der Waals surface area contributed by atoms with Gasteiger partial charge in [0, 0.05) is 54.6 Å². The minimum absolute atomic E-state index is 0.104. The van der Waals surface area contributed by atoms with Crippen LogP contribution < -0.4 is 10.1 Å². The molecule has 4 rings (SSSR count). The molecule has 0 saturated carbocycles. The smallest absolute Gasteiger partial charge is 0.251 e. The Morgan fingerprint density at radius 1 is 1.10 bits per heavy atom. The highest BCUT2D eigenvalue weighted by Gasteiger charge is 2.19. The molecule has 1 amide bonds. The maximum absolute atomic E-state index is 14.0. The molecule has 3 aromatic rings. The molecule has 1 aliphatic heterocycles. The highest BCUT2D eigenvalue weighted by atomic mass is 19.1. The van der Waals surface area contributed by atoms with E-state index in [1.54, 1.807) is 48.7 Å². The molecule has 1 N–H and O–H groups in total. The van der Waals surface area contributed by atoms with Gasteiger partial charge in [-0.2, -0.15) is 0 Å². The number of halogens is 2. The summed E-state index contributed by atoms with van der Waals surface area (Å²) in [5.74, 6) is -0.286. The van der Waals surface area contributed by atoms with Crippen molar-refractivity contribution in [3.05, 3.63) is 94.8 Å². The van der Waals surface area contributed by atoms with Crippen molar-refractivity contribution in [2.45, 2.75) is 19.6 Å². The van der Waals surface area contributed by atoms with Gasteiger partial charge in [0.05, 0.1) is 6.20 Å². The first-order valence-corrected chi connectivity index (χ1v) is 9.68. The van der Waals surface area contributed by atoms with Crippen LogP contribution in [0.5, 0.6) is 5.75 Å². The maximum atomic E-state index is 14.0. The molecule has 2 aromatic carbocycles. The SMILES string of the molecule is O=C(NCc1ccccc1F)c1ccc2c(c1)CN(Cc1ccncc1F)CCO2. The molecule has 2 heterocycles. The number of hydrogen-bond acceptors (Lipinski definition) is 4. The number of carbonyl (C=O) groups is 1. The zero-order chi connectivity index (χ0) is 20.9. The lowest BCUT2D eigenvalue weighted by atomic mass is 10.1. The van der Waals surface area contributed by atoms with Crippen molar-refractivity contribution in [2.24, 2.45) is 0 Å². The van der Waals surface area contributed by atoms with Crippen molar-refractivity contribution in [2.75, 3.05) is 13.2 Å². The number of ether oxygens (including phenoxy) is 1. The Hall–Kier alpha value is -3.32. The summed E-state index contributed by atoms with van der Waals surface area (Å²) in [5, 5.41) is 2.75. The zero-order valence-corrected chi connectivity index (χ0v) is 16.3. The zero-order valence-electron chi connectivity index (χ0n) is 16.3. The number of carbonyl (C=O) groups excluding carboxylic acids is 1. The lowest BCUT2D eigenvalue weighted by Crippen LogP contribution is -2.26. The molecule has 1 aromatic heterocycles. The fourth-order valence-electron chi connectivity index (χ4n) is 3.42. The lowest BCUT2D eigenvalue weighted by Gasteiger charge is -2.19. The second-order valence-electron chi connectivity index (χ2n) is 7.12. The minimum Gasteiger partial charge on any atom is -0.492 e. The predicted molar refractivity (Wildman–Crippen MR) is 108 cm³/mol. The van der Waals surface area contributed by atoms with E-state index in [9.17, 15) is 13.6 Å². The highest BCUT2D eigenvalue weighted by molar-refractivity contribution is 5.94. The number of amides is 1. The molecule has 1 aliphatic rings. The molecule has 0 fully saturated rings. The van der Waals surface area contributed by atoms with Crippen molar-refractivity contribution in [1.29, 1.82) is 0 Å². The van der Waals surface area contributed by atoms with Crippen molar-refractivity contribution in [3.8, 4) is 5.75 Å². The molecule has 0 spiro atoms. The number of aromatic nitrogens is 1. The first kappa shape index (κ1) is 20.0. The number of hydrogen-bond donors (Lipinski definition) is 1. The Bertz CT molecular complexity index is 1060. The van der Waals surface area contributed by atoms with Crippen LogP contribution in [0, 0.1) is 11.6 Å². The van der Waals surface area contributed by atoms with Crippen LogP contribution in [-0.4, -0.2) is 28.9 Å². The van der Waals surface area contributed by atoms with Gasteiger partial charge in [-0.1, -0.05) is 18.2 Å². The molecule has 0 unspecified atom stereocenters. The molecular weight excluding hydrogens is 388 g/mol. The third kappa shape index (κ3) is 4.63. The number of benzene rings is 2. The van der Waals surface area contributed by atoms with Crippen LogP contribution >= 0.6 is 0 Å². The number of rotatable bonds is 5. The minimum atomic E-state index is -0.355. The predicted octanol–water partition coefficient (Wildman–Crippen LogP) is 3.68. The van der Waals surface area contributed by atoms with Crippen molar-refractivity contribution in [3.63, 3.8) is 0 Å². The van der Waals surface area contributed by atoms with Crippen molar-refractivity contribution < 1.29 is 18.3 Å². The largest absolute Gasteiger partial charge is 0.492 e. The highest BCUT2D eigenvalue weighted by Crippen LogP contribution is 2.25. The third-order valence-corrected chi connectivity index (χ3v) is 5.03. The van der Waals surface area contributed by atoms with Gasteiger partial charge in [0.15, 0.2) is 0 Å². The fourth-order valence-corrected chi connectivity index (χ4v) is 3.42. The van der Waals surface area contributed by atoms with E-state index in [2.05, 4.69) is 15.2 Å². The van der Waals surface area contributed by atoms with E-state index in [-0.39, 0.29) is 24.1 Å². The normalized spacial score (nSPS) is 13.8. The van der Waals surface area contributed by atoms with E-state index in [0.29, 0.717) is 48.7 Å². The van der Waals surface area contributed by atoms with Gasteiger partial charge in [-0.3, -0.25) is 14.7 Å². The number of pyridine rings is 1. The first-order valence-electron chi connectivity index (χ1n) is 9.68. The van der Waals surface area contributed by atoms with E-state index in [1.807, 2.05) is 0 Å². The Kier molecular flexibility index (Phi) is 5.99. The number of nitrogens with one attached hydrogen (secondary N) is 1. The van der Waals surface area contributed by atoms with Crippen molar-refractivity contribution in [1.82, 2.24) is 15.2 Å². The lowest BCUT2D eigenvalue weighted by molar-refractivity contribution is 0.0950. The quantitative estimate of drug-likeness (QED) is 0.699. The molecule has 5 nitrogen and oxygen atoms in total. The summed E-state index contributed by atoms with van der Waals surface area (Å²) < 4.78 is 33.5. The van der Waals surface area contributed by atoms with E-state index in [4.69, 9.17) is 4.74 Å². The average Bonchev–Trinajstić information content (AvgIpc) is 2.95. The van der Waals surface area contributed by atoms with E-state index in [0.717, 1.165) is 5.56 Å². The Morgan fingerprint density at radius 3 is 2.80 bits per heavy atom. The molecule has 0 saturated heterocycles. The second-order valence-corrected chi connectivity index (χ2v) is 7.12. The molecule has 0 radical (unpaired) electrons. The van der Waals surface area contributed by atoms with Gasteiger partial charge in [0.25, 0.3) is 5.91 Å². The van der Waals surface area contributed by atoms with Gasteiger partial charge in [-0.15, -0.1) is 0 Å². The summed E-state index contributed by atoms with van der Waals surface area (Å²) >= 11 is 0. The van der Waals surface area contributed by atoms with E-state index >= 15 is 0 Å². The summed E-state index contributed by atoms with van der Waals surface area (Å²) in [7, 11) is 0. The van der Waals surface area contributed by atoms with Gasteiger partial charge in [0.2, 0.25) is 0 Å². The van der Waals surface area contributed by atoms with Gasteiger partial charge in [0.1, 0.15) is 24.0 Å². The maximum Gasteiger partial charge on any atom is 0.251 e. The van der Waals surface area contributed by atoms with E-state index < -0.39 is 0 Å². The molecule has 0 aliphatic carbocycles. The molecule has 0 bridgehead atoms. The number of nitrogens with zero attached hydrogens (tertiary/aromatic N) is 2. The van der Waals surface area contributed by atoms with Crippen LogP contribution in [0.2, 0.25) is 0 Å².